The van der Waals surface area contributed by atoms with E-state index in [1.165, 1.54) is 0 Å². The van der Waals surface area contributed by atoms with Gasteiger partial charge in [-0.2, -0.15) is 0 Å². The van der Waals surface area contributed by atoms with Crippen molar-refractivity contribution in [3.63, 3.8) is 0 Å². The van der Waals surface area contributed by atoms with Crippen LogP contribution >= 0.6 is 0 Å². The van der Waals surface area contributed by atoms with Crippen molar-refractivity contribution < 1.29 is 19.7 Å². The van der Waals surface area contributed by atoms with E-state index in [2.05, 4.69) is 6.92 Å². The van der Waals surface area contributed by atoms with Gasteiger partial charge < -0.3 is 5.11 Å². The molecule has 2 unspecified atom stereocenters. The van der Waals surface area contributed by atoms with Crippen molar-refractivity contribution in [2.24, 2.45) is 5.92 Å². The van der Waals surface area contributed by atoms with Crippen LogP contribution in [0.3, 0.4) is 0 Å². The van der Waals surface area contributed by atoms with Gasteiger partial charge in [0.2, 0.25) is 0 Å². The van der Waals surface area contributed by atoms with Gasteiger partial charge in [0, 0.05) is 0 Å². The van der Waals surface area contributed by atoms with Crippen LogP contribution < -0.4 is 0 Å². The maximum atomic E-state index is 10.8. The summed E-state index contributed by atoms with van der Waals surface area (Å²) in [6.45, 7) is 6.56. The van der Waals surface area contributed by atoms with Gasteiger partial charge in [-0.15, -0.1) is 0 Å². The van der Waals surface area contributed by atoms with E-state index in [1.54, 1.807) is 0 Å². The minimum absolute atomic E-state index is 0.0370. The zero-order chi connectivity index (χ0) is 13.1. The van der Waals surface area contributed by atoms with Gasteiger partial charge in [-0.05, 0) is 32.6 Å². The first kappa shape index (κ1) is 16.4. The molecule has 0 fully saturated rings. The van der Waals surface area contributed by atoms with E-state index < -0.39 is 5.97 Å². The maximum Gasteiger partial charge on any atom is 0.306 e. The smallest absolute Gasteiger partial charge is 0.306 e. The Kier molecular flexibility index (Phi) is 10.2. The standard InChI is InChI=1S/C13H26O4/c1-4-6-7-10-16-17-11(3)8-9-12(5-2)13(14)15/h11-12H,4-10H2,1-3H3,(H,14,15). The summed E-state index contributed by atoms with van der Waals surface area (Å²) in [4.78, 5) is 21.1. The van der Waals surface area contributed by atoms with Crippen LogP contribution in [-0.4, -0.2) is 23.8 Å². The van der Waals surface area contributed by atoms with Crippen molar-refractivity contribution >= 4 is 5.97 Å². The highest BCUT2D eigenvalue weighted by atomic mass is 17.2. The van der Waals surface area contributed by atoms with E-state index >= 15 is 0 Å². The van der Waals surface area contributed by atoms with Crippen LogP contribution in [0.2, 0.25) is 0 Å². The second kappa shape index (κ2) is 10.5. The molecule has 0 amide bonds. The summed E-state index contributed by atoms with van der Waals surface area (Å²) in [5, 5.41) is 8.89. The van der Waals surface area contributed by atoms with Gasteiger partial charge in [0.05, 0.1) is 18.6 Å². The molecule has 0 aliphatic rings. The van der Waals surface area contributed by atoms with Crippen LogP contribution in [0.15, 0.2) is 0 Å². The molecule has 0 aromatic carbocycles. The Morgan fingerprint density at radius 2 is 1.94 bits per heavy atom. The molecule has 4 nitrogen and oxygen atoms in total. The highest BCUT2D eigenvalue weighted by Crippen LogP contribution is 2.14. The molecule has 0 bridgehead atoms. The van der Waals surface area contributed by atoms with E-state index in [4.69, 9.17) is 14.9 Å². The number of aliphatic carboxylic acids is 1. The molecule has 0 aromatic heterocycles. The molecule has 17 heavy (non-hydrogen) atoms. The lowest BCUT2D eigenvalue weighted by Gasteiger charge is -2.14. The molecule has 0 rings (SSSR count). The number of carbonyl (C=O) groups is 1. The van der Waals surface area contributed by atoms with Gasteiger partial charge in [-0.3, -0.25) is 4.79 Å². The highest BCUT2D eigenvalue weighted by Gasteiger charge is 2.16. The molecule has 0 aliphatic heterocycles. The third-order valence-corrected chi connectivity index (χ3v) is 2.83. The minimum atomic E-state index is -0.719. The molecule has 1 N–H and O–H groups in total. The Balaban J connectivity index is 3.51. The molecular formula is C13H26O4. The molecule has 4 heteroatoms. The second-order valence-corrected chi connectivity index (χ2v) is 4.46. The number of carboxylic acid groups (broad SMARTS) is 1. The Morgan fingerprint density at radius 1 is 1.24 bits per heavy atom. The van der Waals surface area contributed by atoms with Crippen LogP contribution in [0.1, 0.15) is 59.3 Å². The Labute approximate surface area is 104 Å². The number of rotatable bonds is 11. The fourth-order valence-electron chi connectivity index (χ4n) is 1.56. The predicted octanol–water partition coefficient (Wildman–Crippen LogP) is 3.40. The van der Waals surface area contributed by atoms with Crippen LogP contribution in [0.25, 0.3) is 0 Å². The normalized spacial score (nSPS) is 14.5. The van der Waals surface area contributed by atoms with Crippen molar-refractivity contribution in [2.45, 2.75) is 65.4 Å². The molecule has 0 spiro atoms. The largest absolute Gasteiger partial charge is 0.481 e. The van der Waals surface area contributed by atoms with Crippen molar-refractivity contribution in [3.05, 3.63) is 0 Å². The van der Waals surface area contributed by atoms with Gasteiger partial charge in [0.1, 0.15) is 0 Å². The Bertz CT molecular complexity index is 194. The first-order chi connectivity index (χ1) is 8.11. The average molecular weight is 246 g/mol. The second-order valence-electron chi connectivity index (χ2n) is 4.46. The van der Waals surface area contributed by atoms with Crippen LogP contribution in [0, 0.1) is 5.92 Å². The first-order valence-electron chi connectivity index (χ1n) is 6.62. The molecular weight excluding hydrogens is 220 g/mol. The van der Waals surface area contributed by atoms with Gasteiger partial charge in [-0.1, -0.05) is 26.7 Å². The predicted molar refractivity (Wildman–Crippen MR) is 66.7 cm³/mol. The van der Waals surface area contributed by atoms with Crippen LogP contribution in [0.4, 0.5) is 0 Å². The van der Waals surface area contributed by atoms with Crippen molar-refractivity contribution in [1.82, 2.24) is 0 Å². The molecule has 0 saturated carbocycles. The van der Waals surface area contributed by atoms with Crippen LogP contribution in [-0.2, 0) is 14.6 Å². The van der Waals surface area contributed by atoms with Gasteiger partial charge in [0.15, 0.2) is 0 Å². The van der Waals surface area contributed by atoms with Crippen molar-refractivity contribution in [1.29, 1.82) is 0 Å². The summed E-state index contributed by atoms with van der Waals surface area (Å²) in [7, 11) is 0. The molecule has 2 atom stereocenters. The van der Waals surface area contributed by atoms with E-state index in [-0.39, 0.29) is 12.0 Å². The van der Waals surface area contributed by atoms with E-state index in [0.29, 0.717) is 19.4 Å². The van der Waals surface area contributed by atoms with Crippen LogP contribution in [0.5, 0.6) is 0 Å². The highest BCUT2D eigenvalue weighted by molar-refractivity contribution is 5.69. The first-order valence-corrected chi connectivity index (χ1v) is 6.62. The maximum absolute atomic E-state index is 10.8. The summed E-state index contributed by atoms with van der Waals surface area (Å²) in [6.07, 6.45) is 5.31. The van der Waals surface area contributed by atoms with E-state index in [9.17, 15) is 4.79 Å². The van der Waals surface area contributed by atoms with Crippen molar-refractivity contribution in [2.75, 3.05) is 6.61 Å². The number of hydrogen-bond acceptors (Lipinski definition) is 3. The number of hydrogen-bond donors (Lipinski definition) is 1. The summed E-state index contributed by atoms with van der Waals surface area (Å²) < 4.78 is 0. The summed E-state index contributed by atoms with van der Waals surface area (Å²) in [5.41, 5.74) is 0. The van der Waals surface area contributed by atoms with E-state index in [1.807, 2.05) is 13.8 Å². The third kappa shape index (κ3) is 9.12. The SMILES string of the molecule is CCCCCOOC(C)CCC(CC)C(=O)O. The monoisotopic (exact) mass is 246 g/mol. The number of carboxylic acids is 1. The molecule has 0 heterocycles. The molecule has 0 aliphatic carbocycles. The Hall–Kier alpha value is -0.610. The van der Waals surface area contributed by atoms with Gasteiger partial charge in [0.25, 0.3) is 0 Å². The molecule has 0 radical (unpaired) electrons. The lowest BCUT2D eigenvalue weighted by atomic mass is 9.99. The molecule has 0 saturated heterocycles. The number of unbranched alkanes of at least 4 members (excludes halogenated alkanes) is 2. The minimum Gasteiger partial charge on any atom is -0.481 e. The fourth-order valence-corrected chi connectivity index (χ4v) is 1.56. The molecule has 0 aromatic rings. The lowest BCUT2D eigenvalue weighted by Crippen LogP contribution is -2.17. The third-order valence-electron chi connectivity index (χ3n) is 2.83. The summed E-state index contributed by atoms with van der Waals surface area (Å²) in [5.74, 6) is -0.982. The summed E-state index contributed by atoms with van der Waals surface area (Å²) in [6, 6.07) is 0. The lowest BCUT2D eigenvalue weighted by molar-refractivity contribution is -0.322. The zero-order valence-corrected chi connectivity index (χ0v) is 11.3. The Morgan fingerprint density at radius 3 is 2.47 bits per heavy atom. The zero-order valence-electron chi connectivity index (χ0n) is 11.3. The van der Waals surface area contributed by atoms with Gasteiger partial charge >= 0.3 is 5.97 Å². The fraction of sp³-hybridized carbons (Fsp3) is 0.923. The summed E-state index contributed by atoms with van der Waals surface area (Å²) >= 11 is 0. The quantitative estimate of drug-likeness (QED) is 0.345. The average Bonchev–Trinajstić information content (AvgIpc) is 2.29. The van der Waals surface area contributed by atoms with E-state index in [0.717, 1.165) is 25.7 Å². The topological polar surface area (TPSA) is 55.8 Å². The molecule has 102 valence electrons. The van der Waals surface area contributed by atoms with Gasteiger partial charge in [-0.25, -0.2) is 9.78 Å². The van der Waals surface area contributed by atoms with Crippen molar-refractivity contribution in [3.8, 4) is 0 Å².